The maximum absolute atomic E-state index is 14.4. The van der Waals surface area contributed by atoms with E-state index in [2.05, 4.69) is 41.3 Å². The molecule has 1 aliphatic rings. The lowest BCUT2D eigenvalue weighted by Gasteiger charge is -2.27. The minimum absolute atomic E-state index is 0.0172. The molecular formula is C27H29FN4O2. The summed E-state index contributed by atoms with van der Waals surface area (Å²) in [4.78, 5) is 35.5. The summed E-state index contributed by atoms with van der Waals surface area (Å²) in [5.74, 6) is -0.277. The van der Waals surface area contributed by atoms with Crippen LogP contribution in [0.25, 0.3) is 0 Å². The summed E-state index contributed by atoms with van der Waals surface area (Å²) in [6, 6.07) is 16.5. The summed E-state index contributed by atoms with van der Waals surface area (Å²) in [6.07, 6.45) is 3.25. The number of likely N-dealkylation sites (tertiary alicyclic amines) is 1. The molecule has 2 heterocycles. The van der Waals surface area contributed by atoms with Gasteiger partial charge in [-0.25, -0.2) is 14.4 Å². The molecule has 6 nitrogen and oxygen atoms in total. The molecule has 0 bridgehead atoms. The van der Waals surface area contributed by atoms with Gasteiger partial charge in [-0.1, -0.05) is 68.4 Å². The molecule has 1 N–H and O–H groups in total. The van der Waals surface area contributed by atoms with E-state index in [4.69, 9.17) is 0 Å². The second-order valence-electron chi connectivity index (χ2n) is 8.99. The molecule has 4 rings (SSSR count). The Labute approximate surface area is 199 Å². The number of aromatic nitrogens is 2. The first-order chi connectivity index (χ1) is 16.4. The number of amides is 2. The highest BCUT2D eigenvalue weighted by Crippen LogP contribution is 2.27. The van der Waals surface area contributed by atoms with Gasteiger partial charge in [-0.05, 0) is 28.2 Å². The van der Waals surface area contributed by atoms with Gasteiger partial charge in [0, 0.05) is 18.8 Å². The van der Waals surface area contributed by atoms with Gasteiger partial charge in [0.2, 0.25) is 11.8 Å². The molecule has 176 valence electrons. The number of alkyl halides is 1. The van der Waals surface area contributed by atoms with Crippen molar-refractivity contribution in [3.8, 4) is 0 Å². The van der Waals surface area contributed by atoms with Crippen molar-refractivity contribution in [1.29, 1.82) is 0 Å². The Morgan fingerprint density at radius 3 is 2.26 bits per heavy atom. The Morgan fingerprint density at radius 2 is 1.62 bits per heavy atom. The molecule has 2 amide bonds. The maximum Gasteiger partial charge on any atom is 0.243 e. The molecule has 1 fully saturated rings. The molecular weight excluding hydrogens is 431 g/mol. The van der Waals surface area contributed by atoms with Gasteiger partial charge in [0.15, 0.2) is 0 Å². The van der Waals surface area contributed by atoms with Crippen LogP contribution in [-0.4, -0.2) is 45.4 Å². The van der Waals surface area contributed by atoms with Gasteiger partial charge >= 0.3 is 0 Å². The molecule has 1 aromatic heterocycles. The summed E-state index contributed by atoms with van der Waals surface area (Å²) in [7, 11) is 0. The van der Waals surface area contributed by atoms with Crippen molar-refractivity contribution in [3.05, 3.63) is 95.6 Å². The highest BCUT2D eigenvalue weighted by molar-refractivity contribution is 5.89. The van der Waals surface area contributed by atoms with E-state index in [1.165, 1.54) is 16.8 Å². The zero-order valence-corrected chi connectivity index (χ0v) is 19.4. The molecule has 7 heteroatoms. The Kier molecular flexibility index (Phi) is 7.30. The van der Waals surface area contributed by atoms with Gasteiger partial charge < -0.3 is 10.2 Å². The minimum Gasteiger partial charge on any atom is -0.343 e. The predicted molar refractivity (Wildman–Crippen MR) is 128 cm³/mol. The van der Waals surface area contributed by atoms with Crippen LogP contribution in [-0.2, 0) is 16.0 Å². The Bertz CT molecular complexity index is 1110. The lowest BCUT2D eigenvalue weighted by Crippen LogP contribution is -2.47. The molecule has 34 heavy (non-hydrogen) atoms. The molecule has 2 aromatic carbocycles. The number of carbonyl (C=O) groups is 2. The predicted octanol–water partition coefficient (Wildman–Crippen LogP) is 3.99. The number of halogens is 1. The van der Waals surface area contributed by atoms with Crippen LogP contribution in [0.4, 0.5) is 4.39 Å². The lowest BCUT2D eigenvalue weighted by molar-refractivity contribution is -0.138. The SMILES string of the molecule is CC(C)c1ccc([C@@H](NC(=O)[C@@H]2C[C@@H](F)CN2C(=O)Cc2cncnc2)c2ccccc2)cc1. The summed E-state index contributed by atoms with van der Waals surface area (Å²) in [5.41, 5.74) is 3.68. The Balaban J connectivity index is 1.55. The number of nitrogens with one attached hydrogen (secondary N) is 1. The highest BCUT2D eigenvalue weighted by Gasteiger charge is 2.40. The van der Waals surface area contributed by atoms with Gasteiger partial charge in [0.05, 0.1) is 19.0 Å². The third-order valence-corrected chi connectivity index (χ3v) is 6.20. The van der Waals surface area contributed by atoms with Crippen molar-refractivity contribution in [2.75, 3.05) is 6.54 Å². The summed E-state index contributed by atoms with van der Waals surface area (Å²) in [6.45, 7) is 4.17. The van der Waals surface area contributed by atoms with Crippen molar-refractivity contribution in [2.24, 2.45) is 0 Å². The zero-order chi connectivity index (χ0) is 24.1. The van der Waals surface area contributed by atoms with Crippen LogP contribution >= 0.6 is 0 Å². The van der Waals surface area contributed by atoms with Crippen LogP contribution in [0.3, 0.4) is 0 Å². The molecule has 0 spiro atoms. The number of nitrogens with zero attached hydrogens (tertiary/aromatic N) is 3. The number of carbonyl (C=O) groups excluding carboxylic acids is 2. The van der Waals surface area contributed by atoms with Crippen molar-refractivity contribution in [3.63, 3.8) is 0 Å². The Morgan fingerprint density at radius 1 is 1.00 bits per heavy atom. The molecule has 3 atom stereocenters. The van der Waals surface area contributed by atoms with E-state index in [9.17, 15) is 14.0 Å². The van der Waals surface area contributed by atoms with Crippen LogP contribution in [0.2, 0.25) is 0 Å². The molecule has 0 saturated carbocycles. The van der Waals surface area contributed by atoms with Gasteiger partial charge in [0.1, 0.15) is 18.5 Å². The van der Waals surface area contributed by atoms with E-state index >= 15 is 0 Å². The molecule has 3 aromatic rings. The van der Waals surface area contributed by atoms with Crippen LogP contribution in [0, 0.1) is 0 Å². The van der Waals surface area contributed by atoms with Crippen molar-refractivity contribution < 1.29 is 14.0 Å². The summed E-state index contributed by atoms with van der Waals surface area (Å²) >= 11 is 0. The fourth-order valence-electron chi connectivity index (χ4n) is 4.32. The molecule has 0 unspecified atom stereocenters. The van der Waals surface area contributed by atoms with Gasteiger partial charge in [-0.2, -0.15) is 0 Å². The first-order valence-electron chi connectivity index (χ1n) is 11.5. The van der Waals surface area contributed by atoms with Crippen molar-refractivity contribution >= 4 is 11.8 Å². The quantitative estimate of drug-likeness (QED) is 0.579. The van der Waals surface area contributed by atoms with E-state index in [-0.39, 0.29) is 31.2 Å². The second-order valence-corrected chi connectivity index (χ2v) is 8.99. The second kappa shape index (κ2) is 10.5. The Hall–Kier alpha value is -3.61. The van der Waals surface area contributed by atoms with Gasteiger partial charge in [-0.15, -0.1) is 0 Å². The number of benzene rings is 2. The van der Waals surface area contributed by atoms with E-state index in [0.717, 1.165) is 11.1 Å². The maximum atomic E-state index is 14.4. The average Bonchev–Trinajstić information content (AvgIpc) is 3.25. The third kappa shape index (κ3) is 5.47. The van der Waals surface area contributed by atoms with E-state index in [0.29, 0.717) is 11.5 Å². The van der Waals surface area contributed by atoms with Gasteiger partial charge in [0.25, 0.3) is 0 Å². The lowest BCUT2D eigenvalue weighted by atomic mass is 9.95. The molecule has 0 radical (unpaired) electrons. The van der Waals surface area contributed by atoms with Crippen LogP contribution in [0.1, 0.15) is 54.5 Å². The first kappa shape index (κ1) is 23.5. The normalized spacial score (nSPS) is 18.6. The highest BCUT2D eigenvalue weighted by atomic mass is 19.1. The van der Waals surface area contributed by atoms with Crippen LogP contribution in [0.5, 0.6) is 0 Å². The minimum atomic E-state index is -1.24. The fraction of sp³-hybridized carbons (Fsp3) is 0.333. The molecule has 1 saturated heterocycles. The van der Waals surface area contributed by atoms with E-state index in [1.807, 2.05) is 42.5 Å². The van der Waals surface area contributed by atoms with Gasteiger partial charge in [-0.3, -0.25) is 9.59 Å². The van der Waals surface area contributed by atoms with Crippen LogP contribution < -0.4 is 5.32 Å². The monoisotopic (exact) mass is 460 g/mol. The average molecular weight is 461 g/mol. The van der Waals surface area contributed by atoms with Crippen molar-refractivity contribution in [1.82, 2.24) is 20.2 Å². The standard InChI is InChI=1S/C27H29FN4O2/c1-18(2)20-8-10-22(11-9-20)26(21-6-4-3-5-7-21)31-27(34)24-13-23(28)16-32(24)25(33)12-19-14-29-17-30-15-19/h3-11,14-15,17-18,23-24,26H,12-13,16H2,1-2H3,(H,31,34)/t23-,24+,26+/m1/s1. The first-order valence-corrected chi connectivity index (χ1v) is 11.5. The zero-order valence-electron chi connectivity index (χ0n) is 19.4. The molecule has 1 aliphatic heterocycles. The number of hydrogen-bond donors (Lipinski definition) is 1. The molecule has 0 aliphatic carbocycles. The number of rotatable bonds is 7. The topological polar surface area (TPSA) is 75.2 Å². The third-order valence-electron chi connectivity index (χ3n) is 6.20. The summed E-state index contributed by atoms with van der Waals surface area (Å²) < 4.78 is 14.4. The fourth-order valence-corrected chi connectivity index (χ4v) is 4.32. The van der Waals surface area contributed by atoms with Crippen molar-refractivity contribution in [2.45, 2.75) is 50.9 Å². The smallest absolute Gasteiger partial charge is 0.243 e. The summed E-state index contributed by atoms with van der Waals surface area (Å²) in [5, 5.41) is 3.09. The largest absolute Gasteiger partial charge is 0.343 e. The van der Waals surface area contributed by atoms with E-state index < -0.39 is 18.3 Å². The number of hydrogen-bond acceptors (Lipinski definition) is 4. The van der Waals surface area contributed by atoms with E-state index in [1.54, 1.807) is 12.4 Å². The van der Waals surface area contributed by atoms with Crippen LogP contribution in [0.15, 0.2) is 73.3 Å².